The van der Waals surface area contributed by atoms with Gasteiger partial charge in [-0.05, 0) is 24.1 Å². The number of amides is 1. The molecule has 0 fully saturated rings. The fourth-order valence-corrected chi connectivity index (χ4v) is 2.64. The van der Waals surface area contributed by atoms with Crippen molar-refractivity contribution in [1.29, 1.82) is 0 Å². The van der Waals surface area contributed by atoms with Crippen LogP contribution in [-0.4, -0.2) is 28.9 Å². The lowest BCUT2D eigenvalue weighted by Gasteiger charge is -2.25. The second kappa shape index (κ2) is 7.96. The minimum Gasteiger partial charge on any atom is -0.393 e. The van der Waals surface area contributed by atoms with Gasteiger partial charge in [-0.1, -0.05) is 53.6 Å². The summed E-state index contributed by atoms with van der Waals surface area (Å²) in [5.41, 5.74) is 6.02. The maximum Gasteiger partial charge on any atom is 0.255 e. The molecular formula is C14H18BrClN2OS. The first-order chi connectivity index (χ1) is 9.31. The van der Waals surface area contributed by atoms with Crippen molar-refractivity contribution in [3.8, 4) is 0 Å². The molecule has 3 nitrogen and oxygen atoms in total. The topological polar surface area (TPSA) is 46.3 Å². The molecule has 6 heteroatoms. The predicted molar refractivity (Wildman–Crippen MR) is 91.3 cm³/mol. The summed E-state index contributed by atoms with van der Waals surface area (Å²) < 4.78 is 0.845. The third-order valence-electron chi connectivity index (χ3n) is 2.66. The summed E-state index contributed by atoms with van der Waals surface area (Å²) >= 11 is 14.4. The van der Waals surface area contributed by atoms with Crippen LogP contribution in [0.3, 0.4) is 0 Å². The van der Waals surface area contributed by atoms with Crippen molar-refractivity contribution in [2.45, 2.75) is 20.3 Å². The highest BCUT2D eigenvalue weighted by molar-refractivity contribution is 9.10. The average molecular weight is 378 g/mol. The van der Waals surface area contributed by atoms with Crippen LogP contribution in [0.15, 0.2) is 22.7 Å². The molecule has 1 rings (SSSR count). The first-order valence-corrected chi connectivity index (χ1v) is 7.91. The van der Waals surface area contributed by atoms with Gasteiger partial charge in [0.05, 0.1) is 15.6 Å². The van der Waals surface area contributed by atoms with Gasteiger partial charge in [-0.25, -0.2) is 0 Å². The second-order valence-electron chi connectivity index (χ2n) is 4.99. The minimum atomic E-state index is -0.0903. The van der Waals surface area contributed by atoms with E-state index in [1.165, 1.54) is 0 Å². The second-order valence-corrected chi connectivity index (χ2v) is 6.83. The molecule has 0 radical (unpaired) electrons. The van der Waals surface area contributed by atoms with Crippen LogP contribution in [0.1, 0.15) is 30.6 Å². The fourth-order valence-electron chi connectivity index (χ4n) is 1.79. The molecule has 0 aromatic heterocycles. The van der Waals surface area contributed by atoms with Crippen LogP contribution in [0, 0.1) is 5.92 Å². The number of nitrogens with zero attached hydrogens (tertiary/aromatic N) is 1. The standard InChI is InChI=1S/C14H18BrClN2OS/c1-9(2)8-18(6-5-13(17)20)14(19)11-4-3-10(15)7-12(11)16/h3-4,7,9H,5-6,8H2,1-2H3,(H2,17,20). The van der Waals surface area contributed by atoms with E-state index in [-0.39, 0.29) is 5.91 Å². The lowest BCUT2D eigenvalue weighted by atomic mass is 10.1. The Balaban J connectivity index is 2.93. The van der Waals surface area contributed by atoms with E-state index >= 15 is 0 Å². The van der Waals surface area contributed by atoms with Gasteiger partial charge in [0.1, 0.15) is 0 Å². The third kappa shape index (κ3) is 5.38. The molecule has 1 amide bonds. The average Bonchev–Trinajstić information content (AvgIpc) is 2.33. The summed E-state index contributed by atoms with van der Waals surface area (Å²) in [4.78, 5) is 14.7. The number of halogens is 2. The molecule has 0 atom stereocenters. The molecule has 1 aromatic carbocycles. The highest BCUT2D eigenvalue weighted by atomic mass is 79.9. The molecular weight excluding hydrogens is 360 g/mol. The van der Waals surface area contributed by atoms with E-state index in [0.717, 1.165) is 4.47 Å². The molecule has 0 aliphatic rings. The van der Waals surface area contributed by atoms with Gasteiger partial charge in [0.2, 0.25) is 0 Å². The number of rotatable bonds is 6. The van der Waals surface area contributed by atoms with Crippen LogP contribution in [-0.2, 0) is 0 Å². The van der Waals surface area contributed by atoms with Gasteiger partial charge in [-0.15, -0.1) is 0 Å². The predicted octanol–water partition coefficient (Wildman–Crippen LogP) is 3.88. The number of thiocarbonyl (C=S) groups is 1. The molecule has 0 heterocycles. The summed E-state index contributed by atoms with van der Waals surface area (Å²) in [5.74, 6) is 0.270. The zero-order valence-electron chi connectivity index (χ0n) is 11.5. The summed E-state index contributed by atoms with van der Waals surface area (Å²) in [6, 6.07) is 5.25. The number of hydrogen-bond acceptors (Lipinski definition) is 2. The van der Waals surface area contributed by atoms with Gasteiger partial charge in [-0.2, -0.15) is 0 Å². The molecule has 1 aromatic rings. The van der Waals surface area contributed by atoms with Gasteiger partial charge in [0.25, 0.3) is 5.91 Å². The van der Waals surface area contributed by atoms with Crippen LogP contribution in [0.4, 0.5) is 0 Å². The smallest absolute Gasteiger partial charge is 0.255 e. The number of benzene rings is 1. The Morgan fingerprint density at radius 2 is 2.15 bits per heavy atom. The van der Waals surface area contributed by atoms with Crippen LogP contribution in [0.25, 0.3) is 0 Å². The molecule has 0 saturated carbocycles. The highest BCUT2D eigenvalue weighted by Gasteiger charge is 2.19. The van der Waals surface area contributed by atoms with Crippen LogP contribution in [0.5, 0.6) is 0 Å². The van der Waals surface area contributed by atoms with Gasteiger partial charge in [0, 0.05) is 24.0 Å². The highest BCUT2D eigenvalue weighted by Crippen LogP contribution is 2.23. The molecule has 20 heavy (non-hydrogen) atoms. The van der Waals surface area contributed by atoms with Gasteiger partial charge in [-0.3, -0.25) is 4.79 Å². The van der Waals surface area contributed by atoms with Crippen molar-refractivity contribution in [2.75, 3.05) is 13.1 Å². The minimum absolute atomic E-state index is 0.0903. The third-order valence-corrected chi connectivity index (χ3v) is 3.67. The number of nitrogens with two attached hydrogens (primary N) is 1. The first kappa shape index (κ1) is 17.4. The normalized spacial score (nSPS) is 10.7. The van der Waals surface area contributed by atoms with Crippen molar-refractivity contribution >= 4 is 50.6 Å². The number of carbonyl (C=O) groups is 1. The van der Waals surface area contributed by atoms with Crippen molar-refractivity contribution in [3.05, 3.63) is 33.3 Å². The Morgan fingerprint density at radius 1 is 1.50 bits per heavy atom. The van der Waals surface area contributed by atoms with E-state index in [2.05, 4.69) is 29.8 Å². The molecule has 0 spiro atoms. The van der Waals surface area contributed by atoms with E-state index in [1.807, 2.05) is 0 Å². The van der Waals surface area contributed by atoms with Crippen molar-refractivity contribution in [3.63, 3.8) is 0 Å². The van der Waals surface area contributed by atoms with E-state index < -0.39 is 0 Å². The molecule has 0 saturated heterocycles. The number of carbonyl (C=O) groups excluding carboxylic acids is 1. The number of hydrogen-bond donors (Lipinski definition) is 1. The maximum absolute atomic E-state index is 12.6. The van der Waals surface area contributed by atoms with E-state index in [1.54, 1.807) is 23.1 Å². The quantitative estimate of drug-likeness (QED) is 0.765. The summed E-state index contributed by atoms with van der Waals surface area (Å²) in [6.07, 6.45) is 0.516. The summed E-state index contributed by atoms with van der Waals surface area (Å²) in [6.45, 7) is 5.28. The van der Waals surface area contributed by atoms with Crippen molar-refractivity contribution in [1.82, 2.24) is 4.90 Å². The Bertz CT molecular complexity index is 508. The Kier molecular flexibility index (Phi) is 6.92. The molecule has 0 bridgehead atoms. The Labute approximate surface area is 138 Å². The zero-order chi connectivity index (χ0) is 15.3. The summed E-state index contributed by atoms with van der Waals surface area (Å²) in [5, 5.41) is 0.438. The van der Waals surface area contributed by atoms with Gasteiger partial charge >= 0.3 is 0 Å². The molecule has 0 unspecified atom stereocenters. The van der Waals surface area contributed by atoms with Crippen molar-refractivity contribution in [2.24, 2.45) is 11.7 Å². The molecule has 0 aliphatic carbocycles. The lowest BCUT2D eigenvalue weighted by molar-refractivity contribution is 0.0741. The lowest BCUT2D eigenvalue weighted by Crippen LogP contribution is -2.36. The first-order valence-electron chi connectivity index (χ1n) is 6.34. The Morgan fingerprint density at radius 3 is 2.65 bits per heavy atom. The van der Waals surface area contributed by atoms with Crippen LogP contribution in [0.2, 0.25) is 5.02 Å². The summed E-state index contributed by atoms with van der Waals surface area (Å²) in [7, 11) is 0. The van der Waals surface area contributed by atoms with Crippen LogP contribution < -0.4 is 5.73 Å². The Hall–Kier alpha value is -0.650. The van der Waals surface area contributed by atoms with Gasteiger partial charge in [0.15, 0.2) is 0 Å². The molecule has 0 aliphatic heterocycles. The SMILES string of the molecule is CC(C)CN(CCC(N)=S)C(=O)c1ccc(Br)cc1Cl. The maximum atomic E-state index is 12.6. The largest absolute Gasteiger partial charge is 0.393 e. The monoisotopic (exact) mass is 376 g/mol. The van der Waals surface area contributed by atoms with Gasteiger partial charge < -0.3 is 10.6 Å². The fraction of sp³-hybridized carbons (Fsp3) is 0.429. The zero-order valence-corrected chi connectivity index (χ0v) is 14.7. The van der Waals surface area contributed by atoms with E-state index in [9.17, 15) is 4.79 Å². The van der Waals surface area contributed by atoms with E-state index in [0.29, 0.717) is 41.0 Å². The molecule has 110 valence electrons. The molecule has 2 N–H and O–H groups in total. The van der Waals surface area contributed by atoms with Crippen molar-refractivity contribution < 1.29 is 4.79 Å². The van der Waals surface area contributed by atoms with Crippen LogP contribution >= 0.6 is 39.7 Å². The van der Waals surface area contributed by atoms with E-state index in [4.69, 9.17) is 29.6 Å².